The molecule has 1 atom stereocenters. The molecule has 0 spiro atoms. The largest absolute Gasteiger partial charge is 0.491 e. The molecule has 7 nitrogen and oxygen atoms in total. The first-order chi connectivity index (χ1) is 16.1. The van der Waals surface area contributed by atoms with E-state index in [1.807, 2.05) is 36.4 Å². The van der Waals surface area contributed by atoms with Crippen LogP contribution in [0.4, 0.5) is 0 Å². The normalized spacial score (nSPS) is 16.5. The van der Waals surface area contributed by atoms with Crippen molar-refractivity contribution in [3.8, 4) is 5.75 Å². The first-order valence-corrected chi connectivity index (χ1v) is 10.5. The molecule has 0 radical (unpaired) electrons. The summed E-state index contributed by atoms with van der Waals surface area (Å²) in [5, 5.41) is 12.2. The van der Waals surface area contributed by atoms with Crippen LogP contribution in [-0.2, 0) is 10.3 Å². The van der Waals surface area contributed by atoms with Gasteiger partial charge in [-0.1, -0.05) is 35.9 Å². The number of rotatable bonds is 3. The Morgan fingerprint density at radius 3 is 2.67 bits per heavy atom. The first-order valence-electron chi connectivity index (χ1n) is 10.5. The summed E-state index contributed by atoms with van der Waals surface area (Å²) in [5.41, 5.74) is 2.74. The van der Waals surface area contributed by atoms with Crippen molar-refractivity contribution < 1.29 is 19.4 Å². The molecule has 0 unspecified atom stereocenters. The molecule has 4 aromatic rings. The predicted octanol–water partition coefficient (Wildman–Crippen LogP) is 4.10. The smallest absolute Gasteiger partial charge is 0.290 e. The molecule has 0 aliphatic carbocycles. The van der Waals surface area contributed by atoms with E-state index < -0.39 is 5.54 Å². The van der Waals surface area contributed by atoms with E-state index in [0.29, 0.717) is 24.3 Å². The van der Waals surface area contributed by atoms with Gasteiger partial charge in [-0.05, 0) is 48.2 Å². The molecule has 33 heavy (non-hydrogen) atoms. The fourth-order valence-corrected chi connectivity index (χ4v) is 4.06. The number of amides is 1. The Hall–Kier alpha value is -4.26. The van der Waals surface area contributed by atoms with Gasteiger partial charge < -0.3 is 15.2 Å². The van der Waals surface area contributed by atoms with Crippen molar-refractivity contribution in [1.82, 2.24) is 15.3 Å². The van der Waals surface area contributed by atoms with Gasteiger partial charge in [0, 0.05) is 36.0 Å². The maximum Gasteiger partial charge on any atom is 0.290 e. The second kappa shape index (κ2) is 9.48. The van der Waals surface area contributed by atoms with Crippen LogP contribution in [0, 0.1) is 6.92 Å². The standard InChI is InChI=1S/C25H21N3O2.CH2O2/c1-17-4-8-21(9-5-17)25(11-14-30-22-3-2-12-27-23(22)25)28-24(29)19-6-7-20-16-26-13-10-18(20)15-19;2-1-3/h2-10,12-13,15-16H,11,14H2,1H3,(H,28,29);1H,(H,2,3)/t25-;/m0./s1. The number of carbonyl (C=O) groups excluding carboxylic acids is 1. The molecular weight excluding hydrogens is 418 g/mol. The fourth-order valence-electron chi connectivity index (χ4n) is 4.06. The van der Waals surface area contributed by atoms with Gasteiger partial charge in [0.05, 0.1) is 6.61 Å². The van der Waals surface area contributed by atoms with Crippen molar-refractivity contribution in [2.75, 3.05) is 6.61 Å². The molecule has 1 aliphatic rings. The van der Waals surface area contributed by atoms with Gasteiger partial charge in [-0.3, -0.25) is 19.6 Å². The maximum absolute atomic E-state index is 13.4. The maximum atomic E-state index is 13.4. The van der Waals surface area contributed by atoms with Crippen LogP contribution in [0.1, 0.15) is 33.6 Å². The van der Waals surface area contributed by atoms with Gasteiger partial charge >= 0.3 is 0 Å². The Bertz CT molecular complexity index is 1290. The number of fused-ring (bicyclic) bond motifs is 2. The first kappa shape index (κ1) is 22.0. The number of carbonyl (C=O) groups is 2. The Kier molecular flexibility index (Phi) is 6.31. The Labute approximate surface area is 191 Å². The monoisotopic (exact) mass is 441 g/mol. The van der Waals surface area contributed by atoms with Crippen LogP contribution in [0.25, 0.3) is 10.8 Å². The van der Waals surface area contributed by atoms with E-state index in [2.05, 4.69) is 46.5 Å². The van der Waals surface area contributed by atoms with Crippen molar-refractivity contribution in [3.63, 3.8) is 0 Å². The van der Waals surface area contributed by atoms with Crippen LogP contribution in [0.2, 0.25) is 0 Å². The lowest BCUT2D eigenvalue weighted by molar-refractivity contribution is -0.122. The van der Waals surface area contributed by atoms with E-state index in [0.717, 1.165) is 27.6 Å². The lowest BCUT2D eigenvalue weighted by atomic mass is 9.81. The fraction of sp³-hybridized carbons (Fsp3) is 0.154. The van der Waals surface area contributed by atoms with Crippen LogP contribution >= 0.6 is 0 Å². The highest BCUT2D eigenvalue weighted by Crippen LogP contribution is 2.40. The number of ether oxygens (including phenoxy) is 1. The molecule has 2 aromatic heterocycles. The molecule has 0 fully saturated rings. The van der Waals surface area contributed by atoms with Crippen LogP contribution in [0.3, 0.4) is 0 Å². The van der Waals surface area contributed by atoms with Crippen LogP contribution in [0.15, 0.2) is 79.3 Å². The number of carboxylic acid groups (broad SMARTS) is 1. The van der Waals surface area contributed by atoms with Gasteiger partial charge in [0.15, 0.2) is 0 Å². The summed E-state index contributed by atoms with van der Waals surface area (Å²) in [5.74, 6) is 0.557. The molecule has 5 rings (SSSR count). The zero-order chi connectivity index (χ0) is 23.3. The highest BCUT2D eigenvalue weighted by Gasteiger charge is 2.42. The minimum atomic E-state index is -0.757. The lowest BCUT2D eigenvalue weighted by Crippen LogP contribution is -2.50. The van der Waals surface area contributed by atoms with Crippen molar-refractivity contribution in [2.45, 2.75) is 18.9 Å². The third-order valence-electron chi connectivity index (χ3n) is 5.68. The molecule has 1 aliphatic heterocycles. The van der Waals surface area contributed by atoms with Gasteiger partial charge in [0.25, 0.3) is 12.4 Å². The van der Waals surface area contributed by atoms with Crippen molar-refractivity contribution in [1.29, 1.82) is 0 Å². The van der Waals surface area contributed by atoms with Crippen LogP contribution in [0.5, 0.6) is 5.75 Å². The summed E-state index contributed by atoms with van der Waals surface area (Å²) in [4.78, 5) is 30.5. The average Bonchev–Trinajstić information content (AvgIpc) is 2.85. The summed E-state index contributed by atoms with van der Waals surface area (Å²) in [6, 6.07) is 19.6. The van der Waals surface area contributed by atoms with E-state index in [-0.39, 0.29) is 12.4 Å². The average molecular weight is 441 g/mol. The Morgan fingerprint density at radius 1 is 1.09 bits per heavy atom. The third kappa shape index (κ3) is 4.39. The van der Waals surface area contributed by atoms with Gasteiger partial charge in [-0.2, -0.15) is 0 Å². The minimum Gasteiger partial charge on any atom is -0.491 e. The number of aryl methyl sites for hydroxylation is 1. The van der Waals surface area contributed by atoms with Gasteiger partial charge in [-0.15, -0.1) is 0 Å². The van der Waals surface area contributed by atoms with Crippen LogP contribution in [-0.4, -0.2) is 34.1 Å². The SMILES string of the molecule is Cc1ccc([C@@]2(NC(=O)c3ccc4cnccc4c3)CCOc3cccnc32)cc1.O=CO. The highest BCUT2D eigenvalue weighted by molar-refractivity contribution is 5.99. The summed E-state index contributed by atoms with van der Waals surface area (Å²) in [6.45, 7) is 2.30. The van der Waals surface area contributed by atoms with E-state index >= 15 is 0 Å². The number of aromatic nitrogens is 2. The Morgan fingerprint density at radius 2 is 1.88 bits per heavy atom. The van der Waals surface area contributed by atoms with Gasteiger partial charge in [0.1, 0.15) is 17.0 Å². The third-order valence-corrected chi connectivity index (χ3v) is 5.68. The van der Waals surface area contributed by atoms with Crippen LogP contribution < -0.4 is 10.1 Å². The van der Waals surface area contributed by atoms with Gasteiger partial charge in [0.2, 0.25) is 0 Å². The molecule has 1 amide bonds. The molecule has 166 valence electrons. The minimum absolute atomic E-state index is 0.146. The summed E-state index contributed by atoms with van der Waals surface area (Å²) in [7, 11) is 0. The lowest BCUT2D eigenvalue weighted by Gasteiger charge is -2.39. The van der Waals surface area contributed by atoms with E-state index in [1.54, 1.807) is 18.6 Å². The summed E-state index contributed by atoms with van der Waals surface area (Å²) in [6.07, 6.45) is 5.87. The number of nitrogens with zero attached hydrogens (tertiary/aromatic N) is 2. The number of nitrogens with one attached hydrogen (secondary N) is 1. The second-order valence-corrected chi connectivity index (χ2v) is 7.72. The number of pyridine rings is 2. The highest BCUT2D eigenvalue weighted by atomic mass is 16.5. The number of hydrogen-bond acceptors (Lipinski definition) is 5. The number of hydrogen-bond donors (Lipinski definition) is 2. The molecule has 2 aromatic carbocycles. The molecule has 0 bridgehead atoms. The van der Waals surface area contributed by atoms with Crippen molar-refractivity contribution in [3.05, 3.63) is 102 Å². The van der Waals surface area contributed by atoms with Crippen molar-refractivity contribution in [2.24, 2.45) is 0 Å². The predicted molar refractivity (Wildman–Crippen MR) is 124 cm³/mol. The molecule has 0 saturated carbocycles. The Balaban J connectivity index is 0.000000821. The van der Waals surface area contributed by atoms with Gasteiger partial charge in [-0.25, -0.2) is 0 Å². The zero-order valence-corrected chi connectivity index (χ0v) is 18.1. The quantitative estimate of drug-likeness (QED) is 0.464. The van der Waals surface area contributed by atoms with E-state index in [1.165, 1.54) is 0 Å². The number of benzene rings is 2. The zero-order valence-electron chi connectivity index (χ0n) is 18.1. The van der Waals surface area contributed by atoms with E-state index in [4.69, 9.17) is 14.6 Å². The molecule has 7 heteroatoms. The molecule has 3 heterocycles. The molecule has 2 N–H and O–H groups in total. The van der Waals surface area contributed by atoms with E-state index in [9.17, 15) is 4.79 Å². The van der Waals surface area contributed by atoms with Crippen molar-refractivity contribution >= 4 is 23.2 Å². The second-order valence-electron chi connectivity index (χ2n) is 7.72. The molecule has 0 saturated heterocycles. The summed E-state index contributed by atoms with van der Waals surface area (Å²) >= 11 is 0. The molecular formula is C26H23N3O4. The topological polar surface area (TPSA) is 101 Å². The summed E-state index contributed by atoms with van der Waals surface area (Å²) < 4.78 is 5.85.